The van der Waals surface area contributed by atoms with Crippen molar-refractivity contribution in [3.63, 3.8) is 0 Å². The van der Waals surface area contributed by atoms with Crippen molar-refractivity contribution >= 4 is 5.82 Å². The minimum atomic E-state index is 0.528. The van der Waals surface area contributed by atoms with Crippen molar-refractivity contribution in [3.05, 3.63) is 17.8 Å². The summed E-state index contributed by atoms with van der Waals surface area (Å²) in [6, 6.07) is 3.71. The van der Waals surface area contributed by atoms with Crippen LogP contribution in [0.15, 0.2) is 12.3 Å². The van der Waals surface area contributed by atoms with Gasteiger partial charge in [0.1, 0.15) is 6.07 Å². The summed E-state index contributed by atoms with van der Waals surface area (Å²) in [6.45, 7) is 4.73. The molecule has 2 N–H and O–H groups in total. The Hall–Kier alpha value is -1.67. The van der Waals surface area contributed by atoms with E-state index in [1.807, 2.05) is 0 Å². The van der Waals surface area contributed by atoms with Gasteiger partial charge in [-0.3, -0.25) is 0 Å². The lowest BCUT2D eigenvalue weighted by atomic mass is 10.3. The van der Waals surface area contributed by atoms with Crippen LogP contribution in [0.5, 0.6) is 0 Å². The molecule has 0 bridgehead atoms. The molecule has 0 unspecified atom stereocenters. The molecule has 0 aliphatic carbocycles. The molecule has 0 fully saturated rings. The first-order valence-corrected chi connectivity index (χ1v) is 5.05. The SMILES string of the molecule is CCCNCCNc1nnccc1C#N. The van der Waals surface area contributed by atoms with E-state index >= 15 is 0 Å². The molecule has 0 saturated carbocycles. The normalized spacial score (nSPS) is 9.60. The highest BCUT2D eigenvalue weighted by molar-refractivity contribution is 5.49. The standard InChI is InChI=1S/C10H15N5/c1-2-4-12-6-7-13-10-9(8-11)3-5-14-15-10/h3,5,12H,2,4,6-7H2,1H3,(H,13,15). The third-order valence-electron chi connectivity index (χ3n) is 1.86. The van der Waals surface area contributed by atoms with Gasteiger partial charge in [0.15, 0.2) is 5.82 Å². The number of nitriles is 1. The first-order valence-electron chi connectivity index (χ1n) is 5.05. The molecule has 0 aliphatic rings. The van der Waals surface area contributed by atoms with E-state index in [2.05, 4.69) is 33.8 Å². The Morgan fingerprint density at radius 1 is 1.40 bits per heavy atom. The first kappa shape index (κ1) is 11.4. The summed E-state index contributed by atoms with van der Waals surface area (Å²) in [7, 11) is 0. The maximum atomic E-state index is 8.79. The highest BCUT2D eigenvalue weighted by Crippen LogP contribution is 2.06. The lowest BCUT2D eigenvalue weighted by Crippen LogP contribution is -2.23. The maximum absolute atomic E-state index is 8.79. The highest BCUT2D eigenvalue weighted by atomic mass is 15.2. The molecule has 0 atom stereocenters. The van der Waals surface area contributed by atoms with Crippen LogP contribution < -0.4 is 10.6 Å². The quantitative estimate of drug-likeness (QED) is 0.671. The summed E-state index contributed by atoms with van der Waals surface area (Å²) < 4.78 is 0. The smallest absolute Gasteiger partial charge is 0.166 e. The van der Waals surface area contributed by atoms with Crippen LogP contribution in [-0.4, -0.2) is 29.8 Å². The van der Waals surface area contributed by atoms with Crippen molar-refractivity contribution < 1.29 is 0 Å². The van der Waals surface area contributed by atoms with Gasteiger partial charge in [-0.2, -0.15) is 10.4 Å². The molecule has 0 aliphatic heterocycles. The summed E-state index contributed by atoms with van der Waals surface area (Å²) in [6.07, 6.45) is 2.63. The molecule has 0 radical (unpaired) electrons. The lowest BCUT2D eigenvalue weighted by Gasteiger charge is -2.06. The number of hydrogen-bond acceptors (Lipinski definition) is 5. The van der Waals surface area contributed by atoms with Gasteiger partial charge < -0.3 is 10.6 Å². The van der Waals surface area contributed by atoms with Crippen LogP contribution in [0.3, 0.4) is 0 Å². The summed E-state index contributed by atoms with van der Waals surface area (Å²) >= 11 is 0. The summed E-state index contributed by atoms with van der Waals surface area (Å²) in [4.78, 5) is 0. The van der Waals surface area contributed by atoms with Gasteiger partial charge in [0.2, 0.25) is 0 Å². The van der Waals surface area contributed by atoms with E-state index < -0.39 is 0 Å². The number of nitrogens with one attached hydrogen (secondary N) is 2. The molecule has 1 rings (SSSR count). The predicted molar refractivity (Wildman–Crippen MR) is 58.4 cm³/mol. The van der Waals surface area contributed by atoms with E-state index in [1.165, 1.54) is 6.20 Å². The second-order valence-corrected chi connectivity index (χ2v) is 3.08. The van der Waals surface area contributed by atoms with E-state index in [0.717, 1.165) is 26.1 Å². The third kappa shape index (κ3) is 3.92. The molecule has 0 amide bonds. The molecule has 0 saturated heterocycles. The van der Waals surface area contributed by atoms with Gasteiger partial charge in [-0.25, -0.2) is 0 Å². The van der Waals surface area contributed by atoms with E-state index in [0.29, 0.717) is 11.4 Å². The van der Waals surface area contributed by atoms with Gasteiger partial charge in [-0.1, -0.05) is 6.92 Å². The minimum absolute atomic E-state index is 0.528. The fourth-order valence-corrected chi connectivity index (χ4v) is 1.12. The van der Waals surface area contributed by atoms with E-state index in [9.17, 15) is 0 Å². The molecular weight excluding hydrogens is 190 g/mol. The second-order valence-electron chi connectivity index (χ2n) is 3.08. The van der Waals surface area contributed by atoms with Crippen LogP contribution >= 0.6 is 0 Å². The average Bonchev–Trinajstić information content (AvgIpc) is 2.29. The van der Waals surface area contributed by atoms with Gasteiger partial charge >= 0.3 is 0 Å². The van der Waals surface area contributed by atoms with Gasteiger partial charge in [0.05, 0.1) is 11.8 Å². The largest absolute Gasteiger partial charge is 0.366 e. The molecule has 1 aromatic heterocycles. The Labute approximate surface area is 89.5 Å². The lowest BCUT2D eigenvalue weighted by molar-refractivity contribution is 0.686. The summed E-state index contributed by atoms with van der Waals surface area (Å²) in [5, 5.41) is 22.7. The number of nitrogens with zero attached hydrogens (tertiary/aromatic N) is 3. The van der Waals surface area contributed by atoms with Crippen molar-refractivity contribution in [2.45, 2.75) is 13.3 Å². The van der Waals surface area contributed by atoms with Crippen molar-refractivity contribution in [2.24, 2.45) is 0 Å². The Balaban J connectivity index is 2.34. The molecule has 0 aromatic carbocycles. The number of anilines is 1. The fourth-order valence-electron chi connectivity index (χ4n) is 1.12. The average molecular weight is 205 g/mol. The van der Waals surface area contributed by atoms with Crippen LogP contribution in [0, 0.1) is 11.3 Å². The van der Waals surface area contributed by atoms with Crippen molar-refractivity contribution in [3.8, 4) is 6.07 Å². The molecule has 1 heterocycles. The monoisotopic (exact) mass is 205 g/mol. The Morgan fingerprint density at radius 2 is 2.27 bits per heavy atom. The minimum Gasteiger partial charge on any atom is -0.366 e. The number of aromatic nitrogens is 2. The van der Waals surface area contributed by atoms with E-state index in [4.69, 9.17) is 5.26 Å². The van der Waals surface area contributed by atoms with Crippen LogP contribution in [0.25, 0.3) is 0 Å². The summed E-state index contributed by atoms with van der Waals surface area (Å²) in [5.74, 6) is 0.554. The van der Waals surface area contributed by atoms with Gasteiger partial charge in [0.25, 0.3) is 0 Å². The first-order chi connectivity index (χ1) is 7.38. The van der Waals surface area contributed by atoms with Gasteiger partial charge in [-0.05, 0) is 19.0 Å². The molecule has 0 spiro atoms. The van der Waals surface area contributed by atoms with E-state index in [1.54, 1.807) is 6.07 Å². The van der Waals surface area contributed by atoms with Crippen LogP contribution in [0.2, 0.25) is 0 Å². The zero-order chi connectivity index (χ0) is 10.9. The molecule has 5 heteroatoms. The van der Waals surface area contributed by atoms with Crippen molar-refractivity contribution in [1.82, 2.24) is 15.5 Å². The number of hydrogen-bond donors (Lipinski definition) is 2. The van der Waals surface area contributed by atoms with Crippen molar-refractivity contribution in [2.75, 3.05) is 25.0 Å². The molecule has 1 aromatic rings. The molecule has 5 nitrogen and oxygen atoms in total. The van der Waals surface area contributed by atoms with Gasteiger partial charge in [0, 0.05) is 13.1 Å². The van der Waals surface area contributed by atoms with E-state index in [-0.39, 0.29) is 0 Å². The number of rotatable bonds is 6. The predicted octanol–water partition coefficient (Wildman–Crippen LogP) is 0.760. The maximum Gasteiger partial charge on any atom is 0.166 e. The second kappa shape index (κ2) is 6.74. The third-order valence-corrected chi connectivity index (χ3v) is 1.86. The fraction of sp³-hybridized carbons (Fsp3) is 0.500. The topological polar surface area (TPSA) is 73.6 Å². The molecule has 15 heavy (non-hydrogen) atoms. The van der Waals surface area contributed by atoms with Crippen molar-refractivity contribution in [1.29, 1.82) is 5.26 Å². The highest BCUT2D eigenvalue weighted by Gasteiger charge is 2.00. The summed E-state index contributed by atoms with van der Waals surface area (Å²) in [5.41, 5.74) is 0.528. The Bertz CT molecular complexity index is 331. The van der Waals surface area contributed by atoms with Gasteiger partial charge in [-0.15, -0.1) is 5.10 Å². The zero-order valence-electron chi connectivity index (χ0n) is 8.82. The molecule has 80 valence electrons. The van der Waals surface area contributed by atoms with Crippen LogP contribution in [0.4, 0.5) is 5.82 Å². The Morgan fingerprint density at radius 3 is 3.00 bits per heavy atom. The van der Waals surface area contributed by atoms with Crippen LogP contribution in [0.1, 0.15) is 18.9 Å². The molecular formula is C10H15N5. The Kier molecular flexibility index (Phi) is 5.12. The zero-order valence-corrected chi connectivity index (χ0v) is 8.82. The van der Waals surface area contributed by atoms with Crippen LogP contribution in [-0.2, 0) is 0 Å².